The summed E-state index contributed by atoms with van der Waals surface area (Å²) < 4.78 is 10.8. The van der Waals surface area contributed by atoms with Gasteiger partial charge in [-0.15, -0.1) is 0 Å². The standard InChI is InChI=1S/C16H19N3O3/c1-11-14(12(2)22-18-11)6-7-16(20)19-9-13(10-19)21-15-5-3-4-8-17-15/h3-5,8,13H,6-7,9-10H2,1-2H3. The zero-order valence-electron chi connectivity index (χ0n) is 12.8. The third kappa shape index (κ3) is 3.10. The number of amides is 1. The molecule has 1 fully saturated rings. The molecule has 1 aliphatic heterocycles. The van der Waals surface area contributed by atoms with Crippen molar-refractivity contribution in [2.24, 2.45) is 0 Å². The average molecular weight is 301 g/mol. The smallest absolute Gasteiger partial charge is 0.223 e. The fourth-order valence-corrected chi connectivity index (χ4v) is 2.55. The van der Waals surface area contributed by atoms with Crippen molar-refractivity contribution < 1.29 is 14.1 Å². The molecule has 3 heterocycles. The maximum Gasteiger partial charge on any atom is 0.223 e. The zero-order valence-corrected chi connectivity index (χ0v) is 12.8. The monoisotopic (exact) mass is 301 g/mol. The highest BCUT2D eigenvalue weighted by molar-refractivity contribution is 5.77. The Morgan fingerprint density at radius 3 is 2.86 bits per heavy atom. The Balaban J connectivity index is 1.44. The number of carbonyl (C=O) groups is 1. The van der Waals surface area contributed by atoms with Crippen molar-refractivity contribution in [1.29, 1.82) is 0 Å². The lowest BCUT2D eigenvalue weighted by Crippen LogP contribution is -2.56. The van der Waals surface area contributed by atoms with Crippen molar-refractivity contribution in [3.8, 4) is 5.88 Å². The van der Waals surface area contributed by atoms with E-state index in [1.807, 2.05) is 36.9 Å². The van der Waals surface area contributed by atoms with Gasteiger partial charge in [-0.3, -0.25) is 4.79 Å². The van der Waals surface area contributed by atoms with Crippen molar-refractivity contribution in [3.63, 3.8) is 0 Å². The molecular weight excluding hydrogens is 282 g/mol. The highest BCUT2D eigenvalue weighted by Crippen LogP contribution is 2.19. The lowest BCUT2D eigenvalue weighted by Gasteiger charge is -2.38. The zero-order chi connectivity index (χ0) is 15.5. The molecule has 0 unspecified atom stereocenters. The lowest BCUT2D eigenvalue weighted by atomic mass is 10.1. The number of pyridine rings is 1. The van der Waals surface area contributed by atoms with Gasteiger partial charge in [0.15, 0.2) is 0 Å². The molecule has 2 aromatic heterocycles. The first kappa shape index (κ1) is 14.6. The Labute approximate surface area is 129 Å². The van der Waals surface area contributed by atoms with Gasteiger partial charge < -0.3 is 14.2 Å². The minimum absolute atomic E-state index is 0.0397. The molecule has 0 bridgehead atoms. The topological polar surface area (TPSA) is 68.5 Å². The van der Waals surface area contributed by atoms with Crippen LogP contribution in [0.2, 0.25) is 0 Å². The largest absolute Gasteiger partial charge is 0.471 e. The lowest BCUT2D eigenvalue weighted by molar-refractivity contribution is -0.140. The van der Waals surface area contributed by atoms with Crippen molar-refractivity contribution in [2.75, 3.05) is 13.1 Å². The summed E-state index contributed by atoms with van der Waals surface area (Å²) in [4.78, 5) is 18.1. The van der Waals surface area contributed by atoms with E-state index in [1.54, 1.807) is 6.20 Å². The van der Waals surface area contributed by atoms with E-state index in [2.05, 4.69) is 10.1 Å². The molecule has 0 spiro atoms. The van der Waals surface area contributed by atoms with Crippen LogP contribution in [0.15, 0.2) is 28.9 Å². The van der Waals surface area contributed by atoms with E-state index in [-0.39, 0.29) is 12.0 Å². The molecule has 1 aliphatic rings. The number of aromatic nitrogens is 2. The van der Waals surface area contributed by atoms with Gasteiger partial charge in [-0.1, -0.05) is 11.2 Å². The van der Waals surface area contributed by atoms with Gasteiger partial charge in [0.05, 0.1) is 18.8 Å². The van der Waals surface area contributed by atoms with Gasteiger partial charge in [0.2, 0.25) is 11.8 Å². The molecule has 6 nitrogen and oxygen atoms in total. The summed E-state index contributed by atoms with van der Waals surface area (Å²) >= 11 is 0. The number of hydrogen-bond acceptors (Lipinski definition) is 5. The van der Waals surface area contributed by atoms with Crippen LogP contribution in [-0.2, 0) is 11.2 Å². The van der Waals surface area contributed by atoms with Crippen LogP contribution in [0, 0.1) is 13.8 Å². The van der Waals surface area contributed by atoms with Crippen LogP contribution in [0.1, 0.15) is 23.4 Å². The Bertz CT molecular complexity index is 628. The number of rotatable bonds is 5. The fourth-order valence-electron chi connectivity index (χ4n) is 2.55. The van der Waals surface area contributed by atoms with Crippen molar-refractivity contribution >= 4 is 5.91 Å². The van der Waals surface area contributed by atoms with E-state index in [9.17, 15) is 4.79 Å². The van der Waals surface area contributed by atoms with Gasteiger partial charge in [-0.2, -0.15) is 0 Å². The number of likely N-dealkylation sites (tertiary alicyclic amines) is 1. The summed E-state index contributed by atoms with van der Waals surface area (Å²) in [6.45, 7) is 5.02. The van der Waals surface area contributed by atoms with Crippen LogP contribution in [-0.4, -0.2) is 40.1 Å². The van der Waals surface area contributed by atoms with Crippen molar-refractivity contribution in [3.05, 3.63) is 41.4 Å². The van der Waals surface area contributed by atoms with E-state index in [1.165, 1.54) is 0 Å². The van der Waals surface area contributed by atoms with E-state index in [0.717, 1.165) is 17.0 Å². The molecule has 1 saturated heterocycles. The van der Waals surface area contributed by atoms with Gasteiger partial charge in [-0.25, -0.2) is 4.98 Å². The van der Waals surface area contributed by atoms with Gasteiger partial charge >= 0.3 is 0 Å². The third-order valence-corrected chi connectivity index (χ3v) is 3.90. The first-order chi connectivity index (χ1) is 10.6. The van der Waals surface area contributed by atoms with E-state index < -0.39 is 0 Å². The van der Waals surface area contributed by atoms with Gasteiger partial charge in [0, 0.05) is 24.2 Å². The average Bonchev–Trinajstić information content (AvgIpc) is 2.80. The molecule has 0 saturated carbocycles. The Kier molecular flexibility index (Phi) is 4.09. The fraction of sp³-hybridized carbons (Fsp3) is 0.438. The Morgan fingerprint density at radius 1 is 1.41 bits per heavy atom. The van der Waals surface area contributed by atoms with E-state index >= 15 is 0 Å². The summed E-state index contributed by atoms with van der Waals surface area (Å²) in [5.41, 5.74) is 1.90. The maximum absolute atomic E-state index is 12.1. The first-order valence-corrected chi connectivity index (χ1v) is 7.40. The molecule has 0 aliphatic carbocycles. The molecule has 22 heavy (non-hydrogen) atoms. The molecule has 2 aromatic rings. The summed E-state index contributed by atoms with van der Waals surface area (Å²) in [6, 6.07) is 5.55. The number of carbonyl (C=O) groups excluding carboxylic acids is 1. The number of hydrogen-bond donors (Lipinski definition) is 0. The quantitative estimate of drug-likeness (QED) is 0.844. The second kappa shape index (κ2) is 6.17. The summed E-state index contributed by atoms with van der Waals surface area (Å²) in [5, 5.41) is 3.91. The Morgan fingerprint density at radius 2 is 2.23 bits per heavy atom. The summed E-state index contributed by atoms with van der Waals surface area (Å²) in [6.07, 6.45) is 2.88. The second-order valence-corrected chi connectivity index (χ2v) is 5.51. The highest BCUT2D eigenvalue weighted by Gasteiger charge is 2.32. The molecular formula is C16H19N3O3. The molecule has 1 amide bonds. The molecule has 6 heteroatoms. The number of nitrogens with zero attached hydrogens (tertiary/aromatic N) is 3. The molecule has 0 N–H and O–H groups in total. The van der Waals surface area contributed by atoms with Gasteiger partial charge in [0.1, 0.15) is 11.9 Å². The number of aryl methyl sites for hydroxylation is 2. The highest BCUT2D eigenvalue weighted by atomic mass is 16.5. The second-order valence-electron chi connectivity index (χ2n) is 5.51. The summed E-state index contributed by atoms with van der Waals surface area (Å²) in [5.74, 6) is 1.54. The molecule has 116 valence electrons. The van der Waals surface area contributed by atoms with Crippen LogP contribution >= 0.6 is 0 Å². The van der Waals surface area contributed by atoms with E-state index in [0.29, 0.717) is 31.8 Å². The van der Waals surface area contributed by atoms with Gasteiger partial charge in [0.25, 0.3) is 0 Å². The normalized spacial score (nSPS) is 14.7. The third-order valence-electron chi connectivity index (χ3n) is 3.90. The predicted molar refractivity (Wildman–Crippen MR) is 79.5 cm³/mol. The van der Waals surface area contributed by atoms with E-state index in [4.69, 9.17) is 9.26 Å². The van der Waals surface area contributed by atoms with Crippen LogP contribution in [0.3, 0.4) is 0 Å². The minimum atomic E-state index is 0.0397. The van der Waals surface area contributed by atoms with Crippen molar-refractivity contribution in [2.45, 2.75) is 32.8 Å². The van der Waals surface area contributed by atoms with Crippen LogP contribution < -0.4 is 4.74 Å². The first-order valence-electron chi connectivity index (χ1n) is 7.40. The van der Waals surface area contributed by atoms with Crippen LogP contribution in [0.4, 0.5) is 0 Å². The van der Waals surface area contributed by atoms with Crippen LogP contribution in [0.25, 0.3) is 0 Å². The molecule has 0 aromatic carbocycles. The molecule has 0 radical (unpaired) electrons. The SMILES string of the molecule is Cc1noc(C)c1CCC(=O)N1CC(Oc2ccccn2)C1. The number of ether oxygens (including phenoxy) is 1. The van der Waals surface area contributed by atoms with Crippen LogP contribution in [0.5, 0.6) is 5.88 Å². The van der Waals surface area contributed by atoms with Gasteiger partial charge in [-0.05, 0) is 26.3 Å². The van der Waals surface area contributed by atoms with Crippen molar-refractivity contribution in [1.82, 2.24) is 15.0 Å². The maximum atomic E-state index is 12.1. The molecule has 0 atom stereocenters. The minimum Gasteiger partial charge on any atom is -0.471 e. The predicted octanol–water partition coefficient (Wildman–Crippen LogP) is 1.91. The summed E-state index contributed by atoms with van der Waals surface area (Å²) in [7, 11) is 0. The Hall–Kier alpha value is -2.37. The molecule has 3 rings (SSSR count).